The van der Waals surface area contributed by atoms with Gasteiger partial charge in [-0.1, -0.05) is 17.7 Å². The SMILES string of the molecule is O=C(CCc1c(F)cccc1Cl)NC[C@H]1CCCN1c1nccs1. The fourth-order valence-electron chi connectivity index (χ4n) is 2.99. The number of nitrogens with zero attached hydrogens (tertiary/aromatic N) is 2. The van der Waals surface area contributed by atoms with Gasteiger partial charge in [-0.2, -0.15) is 0 Å². The van der Waals surface area contributed by atoms with Gasteiger partial charge in [0, 0.05) is 47.7 Å². The van der Waals surface area contributed by atoms with Gasteiger partial charge in [-0.15, -0.1) is 11.3 Å². The summed E-state index contributed by atoms with van der Waals surface area (Å²) >= 11 is 7.60. The van der Waals surface area contributed by atoms with Crippen molar-refractivity contribution in [3.63, 3.8) is 0 Å². The molecule has 0 saturated carbocycles. The van der Waals surface area contributed by atoms with Gasteiger partial charge >= 0.3 is 0 Å². The topological polar surface area (TPSA) is 45.2 Å². The first kappa shape index (κ1) is 17.2. The summed E-state index contributed by atoms with van der Waals surface area (Å²) in [5.41, 5.74) is 0.402. The van der Waals surface area contributed by atoms with Crippen molar-refractivity contribution >= 4 is 34.0 Å². The highest BCUT2D eigenvalue weighted by molar-refractivity contribution is 7.13. The van der Waals surface area contributed by atoms with Crippen LogP contribution in [0.25, 0.3) is 0 Å². The first-order valence-corrected chi connectivity index (χ1v) is 9.26. The standard InChI is InChI=1S/C17H19ClFN3OS/c18-14-4-1-5-15(19)13(14)6-7-16(23)21-11-12-3-2-9-22(12)17-20-8-10-24-17/h1,4-5,8,10,12H,2-3,6-7,9,11H2,(H,21,23)/t12-/m1/s1. The van der Waals surface area contributed by atoms with E-state index in [-0.39, 0.29) is 24.2 Å². The Morgan fingerprint density at radius 1 is 1.50 bits per heavy atom. The number of halogens is 2. The van der Waals surface area contributed by atoms with Gasteiger partial charge in [0.05, 0.1) is 0 Å². The minimum atomic E-state index is -0.360. The third-order valence-electron chi connectivity index (χ3n) is 4.24. The number of nitrogens with one attached hydrogen (secondary N) is 1. The van der Waals surface area contributed by atoms with Crippen molar-refractivity contribution in [1.29, 1.82) is 0 Å². The minimum absolute atomic E-state index is 0.0830. The maximum atomic E-state index is 13.7. The Morgan fingerprint density at radius 3 is 3.12 bits per heavy atom. The van der Waals surface area contributed by atoms with Crippen molar-refractivity contribution in [2.75, 3.05) is 18.0 Å². The molecule has 0 spiro atoms. The Labute approximate surface area is 149 Å². The van der Waals surface area contributed by atoms with Gasteiger partial charge in [0.25, 0.3) is 0 Å². The summed E-state index contributed by atoms with van der Waals surface area (Å²) in [5, 5.41) is 6.29. The van der Waals surface area contributed by atoms with Crippen LogP contribution in [-0.4, -0.2) is 30.0 Å². The summed E-state index contributed by atoms with van der Waals surface area (Å²) in [5.74, 6) is -0.443. The van der Waals surface area contributed by atoms with E-state index >= 15 is 0 Å². The average molecular weight is 368 g/mol. The van der Waals surface area contributed by atoms with Gasteiger partial charge in [-0.25, -0.2) is 9.37 Å². The monoisotopic (exact) mass is 367 g/mol. The molecule has 0 unspecified atom stereocenters. The highest BCUT2D eigenvalue weighted by Crippen LogP contribution is 2.26. The van der Waals surface area contributed by atoms with Crippen molar-refractivity contribution < 1.29 is 9.18 Å². The van der Waals surface area contributed by atoms with Crippen molar-refractivity contribution in [3.8, 4) is 0 Å². The molecule has 1 N–H and O–H groups in total. The van der Waals surface area contributed by atoms with E-state index in [1.807, 2.05) is 5.38 Å². The molecular weight excluding hydrogens is 349 g/mol. The summed E-state index contributed by atoms with van der Waals surface area (Å²) in [6, 6.07) is 4.84. The number of thiazole rings is 1. The van der Waals surface area contributed by atoms with E-state index in [1.165, 1.54) is 6.07 Å². The zero-order chi connectivity index (χ0) is 16.9. The van der Waals surface area contributed by atoms with Gasteiger partial charge in [0.1, 0.15) is 5.82 Å². The molecule has 1 aromatic carbocycles. The number of rotatable bonds is 6. The van der Waals surface area contributed by atoms with Crippen LogP contribution in [0.3, 0.4) is 0 Å². The molecule has 7 heteroatoms. The maximum absolute atomic E-state index is 13.7. The molecule has 1 aliphatic rings. The Bertz CT molecular complexity index is 675. The van der Waals surface area contributed by atoms with Crippen molar-refractivity contribution in [3.05, 3.63) is 46.2 Å². The van der Waals surface area contributed by atoms with E-state index in [0.29, 0.717) is 23.6 Å². The van der Waals surface area contributed by atoms with Crippen LogP contribution in [0.15, 0.2) is 29.8 Å². The fraction of sp³-hybridized carbons (Fsp3) is 0.412. The zero-order valence-corrected chi connectivity index (χ0v) is 14.7. The molecule has 2 heterocycles. The molecule has 4 nitrogen and oxygen atoms in total. The summed E-state index contributed by atoms with van der Waals surface area (Å²) < 4.78 is 13.7. The number of benzene rings is 1. The molecule has 1 aromatic heterocycles. The first-order chi connectivity index (χ1) is 11.6. The Balaban J connectivity index is 1.49. The van der Waals surface area contributed by atoms with Crippen LogP contribution in [0.5, 0.6) is 0 Å². The first-order valence-electron chi connectivity index (χ1n) is 8.01. The summed E-state index contributed by atoms with van der Waals surface area (Å²) in [7, 11) is 0. The lowest BCUT2D eigenvalue weighted by Crippen LogP contribution is -2.40. The van der Waals surface area contributed by atoms with E-state index in [0.717, 1.165) is 24.5 Å². The maximum Gasteiger partial charge on any atom is 0.220 e. The molecule has 1 fully saturated rings. The average Bonchev–Trinajstić information content (AvgIpc) is 3.23. The number of carbonyl (C=O) groups is 1. The lowest BCUT2D eigenvalue weighted by molar-refractivity contribution is -0.121. The summed E-state index contributed by atoms with van der Waals surface area (Å²) in [4.78, 5) is 18.7. The van der Waals surface area contributed by atoms with E-state index in [4.69, 9.17) is 11.6 Å². The molecule has 0 bridgehead atoms. The predicted octanol–water partition coefficient (Wildman–Crippen LogP) is 3.65. The van der Waals surface area contributed by atoms with Crippen LogP contribution in [0.2, 0.25) is 5.02 Å². The smallest absolute Gasteiger partial charge is 0.220 e. The lowest BCUT2D eigenvalue weighted by atomic mass is 10.1. The van der Waals surface area contributed by atoms with Crippen LogP contribution in [0.4, 0.5) is 9.52 Å². The Kier molecular flexibility index (Phi) is 5.68. The molecule has 3 rings (SSSR count). The number of carbonyl (C=O) groups excluding carboxylic acids is 1. The van der Waals surface area contributed by atoms with E-state index < -0.39 is 0 Å². The molecule has 1 atom stereocenters. The largest absolute Gasteiger partial charge is 0.354 e. The number of aromatic nitrogens is 1. The van der Waals surface area contributed by atoms with Crippen molar-refractivity contribution in [2.45, 2.75) is 31.7 Å². The quantitative estimate of drug-likeness (QED) is 0.847. The second kappa shape index (κ2) is 7.94. The zero-order valence-electron chi connectivity index (χ0n) is 13.2. The molecular formula is C17H19ClFN3OS. The van der Waals surface area contributed by atoms with Crippen LogP contribution in [0, 0.1) is 5.82 Å². The summed E-state index contributed by atoms with van der Waals surface area (Å²) in [6.45, 7) is 1.56. The number of hydrogen-bond donors (Lipinski definition) is 1. The number of hydrogen-bond acceptors (Lipinski definition) is 4. The van der Waals surface area contributed by atoms with Crippen LogP contribution < -0.4 is 10.2 Å². The van der Waals surface area contributed by atoms with Gasteiger partial charge in [0.2, 0.25) is 5.91 Å². The van der Waals surface area contributed by atoms with E-state index in [2.05, 4.69) is 15.2 Å². The van der Waals surface area contributed by atoms with Gasteiger partial charge in [-0.3, -0.25) is 4.79 Å². The highest BCUT2D eigenvalue weighted by Gasteiger charge is 2.26. The fourth-order valence-corrected chi connectivity index (χ4v) is 3.99. The van der Waals surface area contributed by atoms with Crippen LogP contribution >= 0.6 is 22.9 Å². The molecule has 128 valence electrons. The third-order valence-corrected chi connectivity index (χ3v) is 5.40. The molecule has 1 amide bonds. The number of amides is 1. The molecule has 24 heavy (non-hydrogen) atoms. The van der Waals surface area contributed by atoms with Gasteiger partial charge in [-0.05, 0) is 31.4 Å². The molecule has 1 saturated heterocycles. The second-order valence-electron chi connectivity index (χ2n) is 5.81. The van der Waals surface area contributed by atoms with Crippen LogP contribution in [-0.2, 0) is 11.2 Å². The van der Waals surface area contributed by atoms with Crippen molar-refractivity contribution in [1.82, 2.24) is 10.3 Å². The van der Waals surface area contributed by atoms with Crippen molar-refractivity contribution in [2.24, 2.45) is 0 Å². The number of anilines is 1. The lowest BCUT2D eigenvalue weighted by Gasteiger charge is -2.24. The summed E-state index contributed by atoms with van der Waals surface area (Å²) in [6.07, 6.45) is 4.47. The highest BCUT2D eigenvalue weighted by atomic mass is 35.5. The van der Waals surface area contributed by atoms with Gasteiger partial charge < -0.3 is 10.2 Å². The molecule has 0 radical (unpaired) electrons. The second-order valence-corrected chi connectivity index (χ2v) is 7.09. The Morgan fingerprint density at radius 2 is 2.38 bits per heavy atom. The predicted molar refractivity (Wildman–Crippen MR) is 95.2 cm³/mol. The van der Waals surface area contributed by atoms with Crippen LogP contribution in [0.1, 0.15) is 24.8 Å². The van der Waals surface area contributed by atoms with Gasteiger partial charge in [0.15, 0.2) is 5.13 Å². The molecule has 0 aliphatic carbocycles. The molecule has 2 aromatic rings. The Hall–Kier alpha value is -1.66. The van der Waals surface area contributed by atoms with E-state index in [1.54, 1.807) is 29.7 Å². The molecule has 1 aliphatic heterocycles. The van der Waals surface area contributed by atoms with E-state index in [9.17, 15) is 9.18 Å². The normalized spacial score (nSPS) is 17.2. The minimum Gasteiger partial charge on any atom is -0.354 e. The third kappa shape index (κ3) is 4.05.